The molecule has 0 atom stereocenters. The third-order valence-corrected chi connectivity index (χ3v) is 3.58. The first-order valence-electron chi connectivity index (χ1n) is 5.48. The molecule has 1 N–H and O–H groups in total. The number of nitrogens with zero attached hydrogens (tertiary/aromatic N) is 2. The zero-order valence-electron chi connectivity index (χ0n) is 10.9. The van der Waals surface area contributed by atoms with Crippen molar-refractivity contribution in [3.8, 4) is 11.8 Å². The van der Waals surface area contributed by atoms with Crippen molar-refractivity contribution in [2.24, 2.45) is 0 Å². The van der Waals surface area contributed by atoms with Gasteiger partial charge in [0.2, 0.25) is 5.91 Å². The first kappa shape index (κ1) is 16.4. The van der Waals surface area contributed by atoms with E-state index in [-0.39, 0.29) is 11.4 Å². The van der Waals surface area contributed by atoms with Crippen LogP contribution < -0.4 is 10.1 Å². The molecule has 1 aromatic rings. The van der Waals surface area contributed by atoms with Crippen molar-refractivity contribution < 1.29 is 22.9 Å². The lowest BCUT2D eigenvalue weighted by atomic mass is 10.2. The highest BCUT2D eigenvalue weighted by Crippen LogP contribution is 2.28. The summed E-state index contributed by atoms with van der Waals surface area (Å²) in [5.74, 6) is -2.47. The average Bonchev–Trinajstić information content (AvgIpc) is 2.37. The maximum Gasteiger partial charge on any atom is 0.296 e. The van der Waals surface area contributed by atoms with Crippen molar-refractivity contribution in [3.05, 3.63) is 28.3 Å². The van der Waals surface area contributed by atoms with Gasteiger partial charge in [0.1, 0.15) is 22.9 Å². The summed E-state index contributed by atoms with van der Waals surface area (Å²) < 4.78 is 27.5. The van der Waals surface area contributed by atoms with Gasteiger partial charge in [0.15, 0.2) is 9.84 Å². The Morgan fingerprint density at radius 2 is 2.19 bits per heavy atom. The molecule has 0 saturated heterocycles. The molecule has 0 radical (unpaired) electrons. The predicted octanol–water partition coefficient (Wildman–Crippen LogP) is 0.480. The second-order valence-corrected chi connectivity index (χ2v) is 5.94. The second kappa shape index (κ2) is 6.67. The Balaban J connectivity index is 2.96. The summed E-state index contributed by atoms with van der Waals surface area (Å²) in [4.78, 5) is 21.7. The van der Waals surface area contributed by atoms with Crippen molar-refractivity contribution >= 4 is 27.1 Å². The molecule has 0 fully saturated rings. The minimum absolute atomic E-state index is 0.155. The van der Waals surface area contributed by atoms with Crippen LogP contribution in [0.5, 0.6) is 5.75 Å². The number of nitro benzene ring substituents is 1. The van der Waals surface area contributed by atoms with E-state index in [0.29, 0.717) is 0 Å². The maximum absolute atomic E-state index is 11.6. The second-order valence-electron chi connectivity index (χ2n) is 3.88. The fraction of sp³-hybridized carbons (Fsp3) is 0.273. The molecule has 0 aliphatic rings. The highest BCUT2D eigenvalue weighted by atomic mass is 32.2. The molecule has 1 rings (SSSR count). The summed E-state index contributed by atoms with van der Waals surface area (Å²) in [7, 11) is -2.54. The van der Waals surface area contributed by atoms with Crippen LogP contribution in [0, 0.1) is 21.4 Å². The summed E-state index contributed by atoms with van der Waals surface area (Å²) in [6, 6.07) is 5.14. The van der Waals surface area contributed by atoms with Gasteiger partial charge >= 0.3 is 0 Å². The van der Waals surface area contributed by atoms with E-state index in [4.69, 9.17) is 10.00 Å². The molecule has 21 heavy (non-hydrogen) atoms. The van der Waals surface area contributed by atoms with E-state index >= 15 is 0 Å². The number of amides is 1. The topological polar surface area (TPSA) is 139 Å². The predicted molar refractivity (Wildman–Crippen MR) is 72.5 cm³/mol. The number of ether oxygens (including phenoxy) is 1. The summed E-state index contributed by atoms with van der Waals surface area (Å²) in [5, 5.41) is 21.3. The molecule has 0 unspecified atom stereocenters. The first-order valence-corrected chi connectivity index (χ1v) is 7.31. The van der Waals surface area contributed by atoms with E-state index in [9.17, 15) is 23.3 Å². The van der Waals surface area contributed by atoms with Gasteiger partial charge in [-0.25, -0.2) is 8.42 Å². The van der Waals surface area contributed by atoms with Gasteiger partial charge in [0.25, 0.3) is 5.69 Å². The number of carbonyl (C=O) groups excluding carboxylic acids is 1. The molecular formula is C11H11N3O6S. The fourth-order valence-electron chi connectivity index (χ4n) is 1.43. The molecule has 0 aromatic heterocycles. The smallest absolute Gasteiger partial charge is 0.296 e. The number of carbonyl (C=O) groups is 1. The number of sulfone groups is 1. The Bertz CT molecular complexity index is 707. The molecular weight excluding hydrogens is 302 g/mol. The van der Waals surface area contributed by atoms with Crippen LogP contribution in [0.25, 0.3) is 0 Å². The SMILES string of the molecule is COc1ccc(NC(=O)CS(=O)(=O)CC#N)c([N+](=O)[O-])c1. The molecule has 9 nitrogen and oxygen atoms in total. The number of benzene rings is 1. The third kappa shape index (κ3) is 4.73. The van der Waals surface area contributed by atoms with Crippen molar-refractivity contribution in [1.82, 2.24) is 0 Å². The molecule has 10 heteroatoms. The van der Waals surface area contributed by atoms with Crippen LogP contribution in [-0.2, 0) is 14.6 Å². The third-order valence-electron chi connectivity index (χ3n) is 2.31. The molecule has 1 aromatic carbocycles. The Labute approximate surface area is 120 Å². The Morgan fingerprint density at radius 1 is 1.52 bits per heavy atom. The van der Waals surface area contributed by atoms with Crippen LogP contribution in [0.4, 0.5) is 11.4 Å². The lowest BCUT2D eigenvalue weighted by molar-refractivity contribution is -0.384. The van der Waals surface area contributed by atoms with Gasteiger partial charge < -0.3 is 10.1 Å². The van der Waals surface area contributed by atoms with Crippen molar-refractivity contribution in [3.63, 3.8) is 0 Å². The number of rotatable bonds is 6. The first-order chi connectivity index (χ1) is 9.79. The van der Waals surface area contributed by atoms with Crippen molar-refractivity contribution in [2.45, 2.75) is 0 Å². The van der Waals surface area contributed by atoms with Crippen LogP contribution >= 0.6 is 0 Å². The monoisotopic (exact) mass is 313 g/mol. The molecule has 0 heterocycles. The van der Waals surface area contributed by atoms with Crippen molar-refractivity contribution in [1.29, 1.82) is 5.26 Å². The summed E-state index contributed by atoms with van der Waals surface area (Å²) >= 11 is 0. The largest absolute Gasteiger partial charge is 0.496 e. The Kier molecular flexibility index (Phi) is 5.20. The minimum atomic E-state index is -3.86. The fourth-order valence-corrected chi connectivity index (χ4v) is 2.20. The van der Waals surface area contributed by atoms with E-state index in [0.717, 1.165) is 6.07 Å². The molecule has 0 saturated carbocycles. The highest BCUT2D eigenvalue weighted by Gasteiger charge is 2.21. The van der Waals surface area contributed by atoms with E-state index < -0.39 is 37.9 Å². The number of nitro groups is 1. The van der Waals surface area contributed by atoms with Crippen LogP contribution in [0.1, 0.15) is 0 Å². The lowest BCUT2D eigenvalue weighted by Gasteiger charge is -2.07. The normalized spacial score (nSPS) is 10.5. The van der Waals surface area contributed by atoms with Gasteiger partial charge in [0, 0.05) is 0 Å². The average molecular weight is 313 g/mol. The molecule has 0 aliphatic heterocycles. The number of hydrogen-bond acceptors (Lipinski definition) is 7. The van der Waals surface area contributed by atoms with Crippen LogP contribution in [-0.4, -0.2) is 37.9 Å². The number of methoxy groups -OCH3 is 1. The molecule has 0 bridgehead atoms. The van der Waals surface area contributed by atoms with Gasteiger partial charge in [-0.2, -0.15) is 5.26 Å². The van der Waals surface area contributed by atoms with Gasteiger partial charge in [-0.1, -0.05) is 0 Å². The highest BCUT2D eigenvalue weighted by molar-refractivity contribution is 7.92. The zero-order valence-corrected chi connectivity index (χ0v) is 11.7. The van der Waals surface area contributed by atoms with Crippen LogP contribution in [0.15, 0.2) is 18.2 Å². The van der Waals surface area contributed by atoms with E-state index in [1.54, 1.807) is 0 Å². The van der Waals surface area contributed by atoms with E-state index in [1.807, 2.05) is 0 Å². The van der Waals surface area contributed by atoms with Crippen molar-refractivity contribution in [2.75, 3.05) is 23.9 Å². The number of hydrogen-bond donors (Lipinski definition) is 1. The number of nitrogens with one attached hydrogen (secondary N) is 1. The van der Waals surface area contributed by atoms with E-state index in [2.05, 4.69) is 5.32 Å². The Morgan fingerprint density at radius 3 is 2.71 bits per heavy atom. The van der Waals surface area contributed by atoms with Crippen LogP contribution in [0.2, 0.25) is 0 Å². The summed E-state index contributed by atoms with van der Waals surface area (Å²) in [6.07, 6.45) is 0. The Hall–Kier alpha value is -2.67. The molecule has 1 amide bonds. The molecule has 112 valence electrons. The van der Waals surface area contributed by atoms with Gasteiger partial charge in [-0.15, -0.1) is 0 Å². The number of anilines is 1. The maximum atomic E-state index is 11.6. The van der Waals surface area contributed by atoms with E-state index in [1.165, 1.54) is 25.3 Å². The number of nitriles is 1. The van der Waals surface area contributed by atoms with Gasteiger partial charge in [0.05, 0.1) is 24.2 Å². The zero-order chi connectivity index (χ0) is 16.0. The summed E-state index contributed by atoms with van der Waals surface area (Å²) in [6.45, 7) is 0. The standard InChI is InChI=1S/C11H11N3O6S/c1-20-8-2-3-9(10(6-8)14(16)17)13-11(15)7-21(18,19)5-4-12/h2-3,6H,5,7H2,1H3,(H,13,15). The van der Waals surface area contributed by atoms with Gasteiger partial charge in [-0.05, 0) is 12.1 Å². The molecule has 0 spiro atoms. The lowest BCUT2D eigenvalue weighted by Crippen LogP contribution is -2.24. The molecule has 0 aliphatic carbocycles. The quantitative estimate of drug-likeness (QED) is 0.595. The van der Waals surface area contributed by atoms with Crippen LogP contribution in [0.3, 0.4) is 0 Å². The summed E-state index contributed by atoms with van der Waals surface area (Å²) in [5.41, 5.74) is -0.585. The van der Waals surface area contributed by atoms with Gasteiger partial charge in [-0.3, -0.25) is 14.9 Å². The minimum Gasteiger partial charge on any atom is -0.496 e.